The first-order valence-electron chi connectivity index (χ1n) is 11.2. The predicted molar refractivity (Wildman–Crippen MR) is 117 cm³/mol. The van der Waals surface area contributed by atoms with E-state index in [0.29, 0.717) is 12.2 Å². The lowest BCUT2D eigenvalue weighted by Gasteiger charge is -2.05. The fourth-order valence-corrected chi connectivity index (χ4v) is 3.08. The molecule has 1 unspecified atom stereocenters. The summed E-state index contributed by atoms with van der Waals surface area (Å²) < 4.78 is 0. The van der Waals surface area contributed by atoms with Crippen LogP contribution in [0.3, 0.4) is 0 Å². The van der Waals surface area contributed by atoms with E-state index in [1.54, 1.807) is 24.3 Å². The van der Waals surface area contributed by atoms with Crippen LogP contribution in [-0.4, -0.2) is 27.4 Å². The number of phenols is 1. The highest BCUT2D eigenvalue weighted by Gasteiger charge is 2.11. The molecule has 1 aromatic carbocycles. The van der Waals surface area contributed by atoms with E-state index in [9.17, 15) is 4.79 Å². The van der Waals surface area contributed by atoms with Crippen molar-refractivity contribution in [1.82, 2.24) is 0 Å². The Hall–Kier alpha value is -1.55. The number of hydrogen-bond donors (Lipinski definition) is 3. The van der Waals surface area contributed by atoms with Crippen molar-refractivity contribution in [2.75, 3.05) is 0 Å². The number of aliphatic carboxylic acids is 1. The Morgan fingerprint density at radius 2 is 1.14 bits per heavy atom. The topological polar surface area (TPSA) is 77.8 Å². The largest absolute Gasteiger partial charge is 0.508 e. The molecule has 0 saturated heterocycles. The van der Waals surface area contributed by atoms with Crippen molar-refractivity contribution in [3.8, 4) is 5.75 Å². The molecule has 0 amide bonds. The molecule has 4 nitrogen and oxygen atoms in total. The normalized spacial score (nSPS) is 11.5. The van der Waals surface area contributed by atoms with Gasteiger partial charge in [-0.15, -0.1) is 0 Å². The van der Waals surface area contributed by atoms with Crippen LogP contribution in [0.2, 0.25) is 0 Å². The molecule has 3 N–H and O–H groups in total. The number of carboxylic acid groups (broad SMARTS) is 1. The summed E-state index contributed by atoms with van der Waals surface area (Å²) in [6, 6.07) is 8.71. The molecule has 0 fully saturated rings. The second kappa shape index (κ2) is 20.2. The average Bonchev–Trinajstić information content (AvgIpc) is 2.69. The standard InChI is InChI=1S/C18H36O3.C6H6O/c1-2-3-4-5-6-7-8-9-10-11-12-13-14-15-16-17(19)18(20)21;7-6-4-2-1-3-5-6/h17,19H,2-16H2,1H3,(H,20,21);1-5,7H. The van der Waals surface area contributed by atoms with E-state index < -0.39 is 12.1 Å². The molecule has 1 atom stereocenters. The van der Waals surface area contributed by atoms with Crippen LogP contribution in [0.4, 0.5) is 0 Å². The molecular weight excluding hydrogens is 352 g/mol. The monoisotopic (exact) mass is 394 g/mol. The lowest BCUT2D eigenvalue weighted by Crippen LogP contribution is -2.18. The summed E-state index contributed by atoms with van der Waals surface area (Å²) in [4.78, 5) is 10.4. The summed E-state index contributed by atoms with van der Waals surface area (Å²) in [6.45, 7) is 2.26. The third kappa shape index (κ3) is 19.2. The van der Waals surface area contributed by atoms with Gasteiger partial charge in [-0.2, -0.15) is 0 Å². The van der Waals surface area contributed by atoms with Crippen LogP contribution < -0.4 is 0 Å². The summed E-state index contributed by atoms with van der Waals surface area (Å²) in [7, 11) is 0. The molecule has 1 rings (SSSR count). The van der Waals surface area contributed by atoms with Gasteiger partial charge in [0, 0.05) is 0 Å². The van der Waals surface area contributed by atoms with Crippen LogP contribution in [0.15, 0.2) is 30.3 Å². The Balaban J connectivity index is 0.000000861. The molecule has 0 aliphatic heterocycles. The quantitative estimate of drug-likeness (QED) is 0.273. The first-order valence-corrected chi connectivity index (χ1v) is 11.2. The molecule has 162 valence electrons. The zero-order valence-electron chi connectivity index (χ0n) is 17.8. The fraction of sp³-hybridized carbons (Fsp3) is 0.708. The van der Waals surface area contributed by atoms with Crippen LogP contribution in [-0.2, 0) is 4.79 Å². The van der Waals surface area contributed by atoms with Crippen LogP contribution in [0.5, 0.6) is 5.75 Å². The van der Waals surface area contributed by atoms with Gasteiger partial charge in [0.05, 0.1) is 0 Å². The maximum atomic E-state index is 10.4. The second-order valence-corrected chi connectivity index (χ2v) is 7.57. The Morgan fingerprint density at radius 1 is 0.750 bits per heavy atom. The molecule has 1 aromatic rings. The van der Waals surface area contributed by atoms with Gasteiger partial charge in [-0.1, -0.05) is 115 Å². The van der Waals surface area contributed by atoms with Gasteiger partial charge in [-0.05, 0) is 18.6 Å². The number of para-hydroxylation sites is 1. The molecule has 0 saturated carbocycles. The molecule has 0 spiro atoms. The van der Waals surface area contributed by atoms with Crippen molar-refractivity contribution in [2.45, 2.75) is 109 Å². The zero-order valence-corrected chi connectivity index (χ0v) is 17.8. The summed E-state index contributed by atoms with van der Waals surface area (Å²) >= 11 is 0. The van der Waals surface area contributed by atoms with E-state index in [1.807, 2.05) is 6.07 Å². The third-order valence-corrected chi connectivity index (χ3v) is 4.87. The van der Waals surface area contributed by atoms with Gasteiger partial charge in [0.2, 0.25) is 0 Å². The number of phenolic OH excluding ortho intramolecular Hbond substituents is 1. The van der Waals surface area contributed by atoms with Crippen molar-refractivity contribution >= 4 is 5.97 Å². The van der Waals surface area contributed by atoms with Crippen LogP contribution in [0, 0.1) is 0 Å². The smallest absolute Gasteiger partial charge is 0.332 e. The predicted octanol–water partition coefficient (Wildman–Crippen LogP) is 6.70. The highest BCUT2D eigenvalue weighted by atomic mass is 16.4. The number of benzene rings is 1. The highest BCUT2D eigenvalue weighted by Crippen LogP contribution is 2.13. The first kappa shape index (κ1) is 26.4. The van der Waals surface area contributed by atoms with Gasteiger partial charge in [0.15, 0.2) is 6.10 Å². The van der Waals surface area contributed by atoms with Gasteiger partial charge in [0.25, 0.3) is 0 Å². The Morgan fingerprint density at radius 3 is 1.46 bits per heavy atom. The van der Waals surface area contributed by atoms with Crippen LogP contribution in [0.1, 0.15) is 103 Å². The van der Waals surface area contributed by atoms with Crippen molar-refractivity contribution in [1.29, 1.82) is 0 Å². The number of aromatic hydroxyl groups is 1. The zero-order chi connectivity index (χ0) is 20.9. The molecule has 28 heavy (non-hydrogen) atoms. The third-order valence-electron chi connectivity index (χ3n) is 4.87. The Labute approximate surface area is 172 Å². The van der Waals surface area contributed by atoms with Crippen molar-refractivity contribution < 1.29 is 20.1 Å². The molecule has 0 aliphatic carbocycles. The molecule has 0 heterocycles. The summed E-state index contributed by atoms with van der Waals surface area (Å²) in [6.07, 6.45) is 17.3. The number of carbonyl (C=O) groups is 1. The van der Waals surface area contributed by atoms with E-state index in [1.165, 1.54) is 77.0 Å². The minimum Gasteiger partial charge on any atom is -0.508 e. The SMILES string of the molecule is CCCCCCCCCCCCCCCCC(O)C(=O)O.Oc1ccccc1. The van der Waals surface area contributed by atoms with Gasteiger partial charge in [-0.3, -0.25) is 0 Å². The number of rotatable bonds is 16. The second-order valence-electron chi connectivity index (χ2n) is 7.57. The Kier molecular flexibility index (Phi) is 19.1. The summed E-state index contributed by atoms with van der Waals surface area (Å²) in [5.41, 5.74) is 0. The maximum absolute atomic E-state index is 10.4. The fourth-order valence-electron chi connectivity index (χ4n) is 3.08. The molecular formula is C24H42O4. The lowest BCUT2D eigenvalue weighted by molar-refractivity contribution is -0.146. The van der Waals surface area contributed by atoms with Gasteiger partial charge >= 0.3 is 5.97 Å². The van der Waals surface area contributed by atoms with Crippen LogP contribution >= 0.6 is 0 Å². The Bertz CT molecular complexity index is 447. The molecule has 0 radical (unpaired) electrons. The number of carboxylic acids is 1. The highest BCUT2D eigenvalue weighted by molar-refractivity contribution is 5.71. The average molecular weight is 395 g/mol. The number of aliphatic hydroxyl groups is 1. The van der Waals surface area contributed by atoms with E-state index in [2.05, 4.69) is 6.92 Å². The molecule has 4 heteroatoms. The van der Waals surface area contributed by atoms with E-state index >= 15 is 0 Å². The number of hydrogen-bond acceptors (Lipinski definition) is 3. The van der Waals surface area contributed by atoms with Crippen molar-refractivity contribution in [3.63, 3.8) is 0 Å². The summed E-state index contributed by atoms with van der Waals surface area (Å²) in [5, 5.41) is 26.3. The van der Waals surface area contributed by atoms with E-state index in [0.717, 1.165) is 12.8 Å². The maximum Gasteiger partial charge on any atom is 0.332 e. The first-order chi connectivity index (χ1) is 13.6. The molecule has 0 aromatic heterocycles. The van der Waals surface area contributed by atoms with Crippen LogP contribution in [0.25, 0.3) is 0 Å². The molecule has 0 aliphatic rings. The van der Waals surface area contributed by atoms with Gasteiger partial charge in [0.1, 0.15) is 5.75 Å². The number of unbranched alkanes of at least 4 members (excludes halogenated alkanes) is 13. The van der Waals surface area contributed by atoms with Gasteiger partial charge in [-0.25, -0.2) is 4.79 Å². The lowest BCUT2D eigenvalue weighted by atomic mass is 10.0. The molecule has 0 bridgehead atoms. The minimum atomic E-state index is -1.16. The van der Waals surface area contributed by atoms with Crippen molar-refractivity contribution in [2.24, 2.45) is 0 Å². The van der Waals surface area contributed by atoms with E-state index in [-0.39, 0.29) is 0 Å². The van der Waals surface area contributed by atoms with E-state index in [4.69, 9.17) is 15.3 Å². The van der Waals surface area contributed by atoms with Gasteiger partial charge < -0.3 is 15.3 Å². The van der Waals surface area contributed by atoms with Crippen molar-refractivity contribution in [3.05, 3.63) is 30.3 Å². The number of aliphatic hydroxyl groups excluding tert-OH is 1. The minimum absolute atomic E-state index is 0.322. The summed E-state index contributed by atoms with van der Waals surface area (Å²) in [5.74, 6) is -0.771.